The van der Waals surface area contributed by atoms with Crippen molar-refractivity contribution in [2.45, 2.75) is 19.0 Å². The summed E-state index contributed by atoms with van der Waals surface area (Å²) in [6, 6.07) is 19.5. The molecule has 0 spiro atoms. The number of para-hydroxylation sites is 1. The maximum atomic E-state index is 5.29. The van der Waals surface area contributed by atoms with Gasteiger partial charge in [-0.2, -0.15) is 0 Å². The van der Waals surface area contributed by atoms with Gasteiger partial charge in [-0.15, -0.1) is 0 Å². The number of methoxy groups -OCH3 is 1. The lowest BCUT2D eigenvalue weighted by Gasteiger charge is -2.18. The summed E-state index contributed by atoms with van der Waals surface area (Å²) in [6.07, 6.45) is 1.18. The number of nitrogens with one attached hydrogen (secondary N) is 2. The maximum absolute atomic E-state index is 5.29. The molecule has 0 amide bonds. The predicted molar refractivity (Wildman–Crippen MR) is 98.8 cm³/mol. The molecule has 1 fully saturated rings. The number of ether oxygens (including phenoxy) is 1. The first-order valence-corrected chi connectivity index (χ1v) is 8.51. The lowest BCUT2D eigenvalue weighted by Crippen LogP contribution is -2.32. The molecule has 0 saturated carbocycles. The average molecular weight is 321 g/mol. The molecule has 2 aromatic carbocycles. The Bertz CT molecular complexity index is 812. The molecule has 4 nitrogen and oxygen atoms in total. The molecule has 124 valence electrons. The van der Waals surface area contributed by atoms with E-state index in [1.807, 2.05) is 6.07 Å². The molecular formula is C20H23N3O. The van der Waals surface area contributed by atoms with Gasteiger partial charge in [-0.05, 0) is 42.8 Å². The van der Waals surface area contributed by atoms with Crippen LogP contribution in [0.1, 0.15) is 12.1 Å². The van der Waals surface area contributed by atoms with E-state index in [2.05, 4.69) is 63.7 Å². The molecule has 2 heterocycles. The molecule has 24 heavy (non-hydrogen) atoms. The van der Waals surface area contributed by atoms with Crippen LogP contribution in [0.5, 0.6) is 5.75 Å². The van der Waals surface area contributed by atoms with E-state index < -0.39 is 0 Å². The highest BCUT2D eigenvalue weighted by molar-refractivity contribution is 5.81. The van der Waals surface area contributed by atoms with Crippen LogP contribution in [-0.2, 0) is 6.54 Å². The van der Waals surface area contributed by atoms with Crippen molar-refractivity contribution in [2.75, 3.05) is 25.1 Å². The first-order chi connectivity index (χ1) is 11.8. The minimum absolute atomic E-state index is 0.533. The van der Waals surface area contributed by atoms with Gasteiger partial charge >= 0.3 is 0 Å². The Labute approximate surface area is 142 Å². The molecular weight excluding hydrogens is 298 g/mol. The van der Waals surface area contributed by atoms with Crippen LogP contribution < -0.4 is 15.0 Å². The van der Waals surface area contributed by atoms with Crippen LogP contribution in [0.4, 0.5) is 5.69 Å². The van der Waals surface area contributed by atoms with Gasteiger partial charge < -0.3 is 19.9 Å². The zero-order valence-corrected chi connectivity index (χ0v) is 14.0. The van der Waals surface area contributed by atoms with Crippen molar-refractivity contribution < 1.29 is 4.74 Å². The molecule has 4 rings (SSSR count). The lowest BCUT2D eigenvalue weighted by molar-refractivity contribution is 0.415. The quantitative estimate of drug-likeness (QED) is 0.755. The van der Waals surface area contributed by atoms with E-state index in [-0.39, 0.29) is 0 Å². The monoisotopic (exact) mass is 321 g/mol. The molecule has 1 unspecified atom stereocenters. The molecule has 1 aliphatic heterocycles. The molecule has 1 aliphatic rings. The van der Waals surface area contributed by atoms with Crippen molar-refractivity contribution in [1.82, 2.24) is 10.3 Å². The van der Waals surface area contributed by atoms with Crippen molar-refractivity contribution in [3.8, 4) is 5.75 Å². The smallest absolute Gasteiger partial charge is 0.119 e. The second-order valence-electron chi connectivity index (χ2n) is 6.40. The van der Waals surface area contributed by atoms with E-state index >= 15 is 0 Å². The van der Waals surface area contributed by atoms with Crippen molar-refractivity contribution in [1.29, 1.82) is 0 Å². The Morgan fingerprint density at radius 3 is 2.88 bits per heavy atom. The van der Waals surface area contributed by atoms with Gasteiger partial charge in [0.25, 0.3) is 0 Å². The van der Waals surface area contributed by atoms with Crippen LogP contribution in [0.3, 0.4) is 0 Å². The zero-order valence-electron chi connectivity index (χ0n) is 14.0. The summed E-state index contributed by atoms with van der Waals surface area (Å²) < 4.78 is 5.29. The van der Waals surface area contributed by atoms with Crippen LogP contribution in [-0.4, -0.2) is 31.2 Å². The molecule has 3 aromatic rings. The Kier molecular flexibility index (Phi) is 4.13. The number of anilines is 1. The molecule has 0 radical (unpaired) electrons. The zero-order chi connectivity index (χ0) is 16.4. The van der Waals surface area contributed by atoms with Crippen LogP contribution in [0, 0.1) is 0 Å². The topological polar surface area (TPSA) is 40.3 Å². The summed E-state index contributed by atoms with van der Waals surface area (Å²) in [7, 11) is 1.70. The number of nitrogens with zero attached hydrogens (tertiary/aromatic N) is 1. The van der Waals surface area contributed by atoms with Gasteiger partial charge in [0.15, 0.2) is 0 Å². The van der Waals surface area contributed by atoms with Gasteiger partial charge in [0.05, 0.1) is 7.11 Å². The normalized spacial score (nSPS) is 17.5. The first-order valence-electron chi connectivity index (χ1n) is 8.51. The third-order valence-electron chi connectivity index (χ3n) is 4.77. The molecule has 4 heteroatoms. The van der Waals surface area contributed by atoms with E-state index in [9.17, 15) is 0 Å². The van der Waals surface area contributed by atoms with Gasteiger partial charge in [-0.3, -0.25) is 0 Å². The Hall–Kier alpha value is -2.46. The second-order valence-corrected chi connectivity index (χ2v) is 6.40. The fourth-order valence-electron chi connectivity index (χ4n) is 3.45. The summed E-state index contributed by atoms with van der Waals surface area (Å²) in [5, 5.41) is 4.88. The SMILES string of the molecule is COc1ccc2[nH]c(CNC3CCN(c4ccccc4)C3)cc2c1. The summed E-state index contributed by atoms with van der Waals surface area (Å²) in [4.78, 5) is 5.93. The van der Waals surface area contributed by atoms with Gasteiger partial charge in [0.2, 0.25) is 0 Å². The van der Waals surface area contributed by atoms with Crippen molar-refractivity contribution in [3.05, 3.63) is 60.3 Å². The highest BCUT2D eigenvalue weighted by Crippen LogP contribution is 2.22. The highest BCUT2D eigenvalue weighted by Gasteiger charge is 2.22. The number of benzene rings is 2. The summed E-state index contributed by atoms with van der Waals surface area (Å²) in [6.45, 7) is 3.05. The Balaban J connectivity index is 1.37. The molecule has 1 aromatic heterocycles. The number of fused-ring (bicyclic) bond motifs is 1. The third-order valence-corrected chi connectivity index (χ3v) is 4.77. The number of hydrogen-bond donors (Lipinski definition) is 2. The van der Waals surface area contributed by atoms with E-state index in [4.69, 9.17) is 4.74 Å². The molecule has 2 N–H and O–H groups in total. The fraction of sp³-hybridized carbons (Fsp3) is 0.300. The predicted octanol–water partition coefficient (Wildman–Crippen LogP) is 3.55. The average Bonchev–Trinajstić information content (AvgIpc) is 3.26. The van der Waals surface area contributed by atoms with E-state index in [1.54, 1.807) is 7.11 Å². The lowest BCUT2D eigenvalue weighted by atomic mass is 10.2. The van der Waals surface area contributed by atoms with Gasteiger partial charge in [0.1, 0.15) is 5.75 Å². The van der Waals surface area contributed by atoms with Crippen LogP contribution in [0.15, 0.2) is 54.6 Å². The molecule has 1 saturated heterocycles. The largest absolute Gasteiger partial charge is 0.497 e. The van der Waals surface area contributed by atoms with Crippen molar-refractivity contribution >= 4 is 16.6 Å². The number of aromatic nitrogens is 1. The highest BCUT2D eigenvalue weighted by atomic mass is 16.5. The van der Waals surface area contributed by atoms with Crippen LogP contribution in [0.2, 0.25) is 0 Å². The number of aromatic amines is 1. The van der Waals surface area contributed by atoms with Crippen LogP contribution >= 0.6 is 0 Å². The maximum Gasteiger partial charge on any atom is 0.119 e. The van der Waals surface area contributed by atoms with E-state index in [1.165, 1.54) is 23.2 Å². The van der Waals surface area contributed by atoms with Crippen LogP contribution in [0.25, 0.3) is 10.9 Å². The summed E-state index contributed by atoms with van der Waals surface area (Å²) in [5.74, 6) is 0.898. The van der Waals surface area contributed by atoms with E-state index in [0.29, 0.717) is 6.04 Å². The number of hydrogen-bond acceptors (Lipinski definition) is 3. The summed E-state index contributed by atoms with van der Waals surface area (Å²) in [5.41, 5.74) is 3.70. The minimum atomic E-state index is 0.533. The first kappa shape index (κ1) is 15.1. The summed E-state index contributed by atoms with van der Waals surface area (Å²) >= 11 is 0. The molecule has 0 aliphatic carbocycles. The Morgan fingerprint density at radius 2 is 2.04 bits per heavy atom. The van der Waals surface area contributed by atoms with Gasteiger partial charge in [0, 0.05) is 48.0 Å². The third kappa shape index (κ3) is 3.10. The standard InChI is InChI=1S/C20H23N3O/c1-24-19-7-8-20-15(12-19)11-17(22-20)13-21-16-9-10-23(14-16)18-5-3-2-4-6-18/h2-8,11-12,16,21-22H,9-10,13-14H2,1H3. The number of H-pyrrole nitrogens is 1. The number of rotatable bonds is 5. The van der Waals surface area contributed by atoms with Crippen molar-refractivity contribution in [3.63, 3.8) is 0 Å². The second kappa shape index (κ2) is 6.57. The molecule has 1 atom stereocenters. The fourth-order valence-corrected chi connectivity index (χ4v) is 3.45. The minimum Gasteiger partial charge on any atom is -0.497 e. The van der Waals surface area contributed by atoms with E-state index in [0.717, 1.165) is 30.9 Å². The van der Waals surface area contributed by atoms with Crippen molar-refractivity contribution in [2.24, 2.45) is 0 Å². The van der Waals surface area contributed by atoms with Gasteiger partial charge in [-0.1, -0.05) is 18.2 Å². The molecule has 0 bridgehead atoms. The Morgan fingerprint density at radius 1 is 1.17 bits per heavy atom. The van der Waals surface area contributed by atoms with Gasteiger partial charge in [-0.25, -0.2) is 0 Å².